The van der Waals surface area contributed by atoms with Crippen LogP contribution >= 0.6 is 11.3 Å². The number of aryl methyl sites for hydroxylation is 2. The summed E-state index contributed by atoms with van der Waals surface area (Å²) >= 11 is 1.44. The molecular formula is C21H17FN2O2S. The summed E-state index contributed by atoms with van der Waals surface area (Å²) in [4.78, 5) is 26.1. The molecule has 0 aliphatic heterocycles. The monoisotopic (exact) mass is 380 g/mol. The van der Waals surface area contributed by atoms with Gasteiger partial charge in [0.1, 0.15) is 5.82 Å². The van der Waals surface area contributed by atoms with Crippen LogP contribution in [-0.4, -0.2) is 11.8 Å². The Morgan fingerprint density at radius 3 is 2.52 bits per heavy atom. The van der Waals surface area contributed by atoms with Crippen molar-refractivity contribution in [2.45, 2.75) is 19.3 Å². The molecule has 4 nitrogen and oxygen atoms in total. The van der Waals surface area contributed by atoms with E-state index < -0.39 is 0 Å². The number of rotatable bonds is 3. The molecule has 1 heterocycles. The van der Waals surface area contributed by atoms with Crippen LogP contribution in [0.3, 0.4) is 0 Å². The van der Waals surface area contributed by atoms with E-state index in [0.717, 1.165) is 17.7 Å². The van der Waals surface area contributed by atoms with E-state index in [1.165, 1.54) is 40.2 Å². The minimum Gasteiger partial charge on any atom is -0.273 e. The summed E-state index contributed by atoms with van der Waals surface area (Å²) in [6, 6.07) is 15.8. The molecule has 27 heavy (non-hydrogen) atoms. The molecule has 1 aliphatic carbocycles. The van der Waals surface area contributed by atoms with E-state index >= 15 is 0 Å². The van der Waals surface area contributed by atoms with Crippen molar-refractivity contribution in [3.05, 3.63) is 82.0 Å². The highest BCUT2D eigenvalue weighted by molar-refractivity contribution is 7.17. The van der Waals surface area contributed by atoms with Crippen molar-refractivity contribution in [1.29, 1.82) is 0 Å². The van der Waals surface area contributed by atoms with Crippen molar-refractivity contribution in [3.8, 4) is 10.4 Å². The summed E-state index contributed by atoms with van der Waals surface area (Å²) in [5.74, 6) is -1.04. The van der Waals surface area contributed by atoms with Crippen LogP contribution < -0.4 is 10.9 Å². The molecule has 1 aliphatic rings. The lowest BCUT2D eigenvalue weighted by Gasteiger charge is -2.15. The van der Waals surface area contributed by atoms with Crippen LogP contribution in [-0.2, 0) is 24.1 Å². The van der Waals surface area contributed by atoms with Gasteiger partial charge in [0.25, 0.3) is 5.91 Å². The first-order chi connectivity index (χ1) is 13.1. The van der Waals surface area contributed by atoms with E-state index in [0.29, 0.717) is 10.4 Å². The van der Waals surface area contributed by atoms with Gasteiger partial charge >= 0.3 is 0 Å². The van der Waals surface area contributed by atoms with Crippen LogP contribution in [0.2, 0.25) is 0 Å². The molecule has 0 fully saturated rings. The zero-order valence-corrected chi connectivity index (χ0v) is 15.2. The van der Waals surface area contributed by atoms with E-state index in [9.17, 15) is 14.0 Å². The van der Waals surface area contributed by atoms with Gasteiger partial charge in [0.2, 0.25) is 5.91 Å². The average Bonchev–Trinajstić information content (AvgIpc) is 3.13. The smallest absolute Gasteiger partial charge is 0.273 e. The zero-order valence-electron chi connectivity index (χ0n) is 14.4. The SMILES string of the molecule is O=C(Cc1ccc(F)cc1)NNC(=O)c1cc2c(s1)-c1ccccc1CC2. The average molecular weight is 380 g/mol. The lowest BCUT2D eigenvalue weighted by molar-refractivity contribution is -0.121. The van der Waals surface area contributed by atoms with Crippen LogP contribution in [0.1, 0.15) is 26.4 Å². The first kappa shape index (κ1) is 17.4. The van der Waals surface area contributed by atoms with Gasteiger partial charge < -0.3 is 0 Å². The second-order valence-corrected chi connectivity index (χ2v) is 7.48. The number of benzene rings is 2. The van der Waals surface area contributed by atoms with E-state index in [1.807, 2.05) is 18.2 Å². The molecule has 2 aromatic carbocycles. The molecular weight excluding hydrogens is 363 g/mol. The number of carbonyl (C=O) groups excluding carboxylic acids is 2. The van der Waals surface area contributed by atoms with Gasteiger partial charge in [0, 0.05) is 4.88 Å². The number of fused-ring (bicyclic) bond motifs is 3. The number of hydrazine groups is 1. The van der Waals surface area contributed by atoms with Gasteiger partial charge in [0.15, 0.2) is 0 Å². The Labute approximate surface area is 160 Å². The number of hydrogen-bond donors (Lipinski definition) is 2. The number of hydrogen-bond acceptors (Lipinski definition) is 3. The highest BCUT2D eigenvalue weighted by Crippen LogP contribution is 2.39. The predicted octanol–water partition coefficient (Wildman–Crippen LogP) is 3.66. The molecule has 3 aromatic rings. The van der Waals surface area contributed by atoms with Crippen molar-refractivity contribution in [2.24, 2.45) is 0 Å². The largest absolute Gasteiger partial charge is 0.279 e. The van der Waals surface area contributed by atoms with E-state index in [-0.39, 0.29) is 24.1 Å². The number of halogens is 1. The Morgan fingerprint density at radius 1 is 0.963 bits per heavy atom. The molecule has 1 aromatic heterocycles. The fourth-order valence-electron chi connectivity index (χ4n) is 3.20. The van der Waals surface area contributed by atoms with E-state index in [1.54, 1.807) is 12.1 Å². The molecule has 2 N–H and O–H groups in total. The third-order valence-corrected chi connectivity index (χ3v) is 5.76. The Hall–Kier alpha value is -2.99. The third-order valence-electron chi connectivity index (χ3n) is 4.55. The van der Waals surface area contributed by atoms with Gasteiger partial charge in [-0.25, -0.2) is 4.39 Å². The van der Waals surface area contributed by atoms with E-state index in [4.69, 9.17) is 0 Å². The molecule has 0 unspecified atom stereocenters. The van der Waals surface area contributed by atoms with Gasteiger partial charge in [-0.05, 0) is 53.3 Å². The molecule has 136 valence electrons. The summed E-state index contributed by atoms with van der Waals surface area (Å²) < 4.78 is 12.9. The van der Waals surface area contributed by atoms with Crippen LogP contribution in [0.15, 0.2) is 54.6 Å². The number of thiophene rings is 1. The molecule has 0 saturated carbocycles. The summed E-state index contributed by atoms with van der Waals surface area (Å²) in [5.41, 5.74) is 9.20. The van der Waals surface area contributed by atoms with Crippen LogP contribution in [0.5, 0.6) is 0 Å². The standard InChI is InChI=1S/C21H17FN2O2S/c22-16-9-5-13(6-10-16)11-19(25)23-24-21(26)18-12-15-8-7-14-3-1-2-4-17(14)20(15)27-18/h1-6,9-10,12H,7-8,11H2,(H,23,25)(H,24,26). The van der Waals surface area contributed by atoms with Crippen molar-refractivity contribution < 1.29 is 14.0 Å². The minimum atomic E-state index is -0.360. The summed E-state index contributed by atoms with van der Waals surface area (Å²) in [6.45, 7) is 0. The van der Waals surface area contributed by atoms with Gasteiger partial charge in [-0.2, -0.15) is 0 Å². The quantitative estimate of drug-likeness (QED) is 0.682. The van der Waals surface area contributed by atoms with Gasteiger partial charge in [0.05, 0.1) is 11.3 Å². The maximum absolute atomic E-state index is 12.9. The summed E-state index contributed by atoms with van der Waals surface area (Å²) in [6.07, 6.45) is 1.94. The predicted molar refractivity (Wildman–Crippen MR) is 103 cm³/mol. The summed E-state index contributed by atoms with van der Waals surface area (Å²) in [5, 5.41) is 0. The van der Waals surface area contributed by atoms with Crippen LogP contribution in [0.25, 0.3) is 10.4 Å². The number of carbonyl (C=O) groups is 2. The lowest BCUT2D eigenvalue weighted by Crippen LogP contribution is -2.42. The highest BCUT2D eigenvalue weighted by atomic mass is 32.1. The second kappa shape index (κ2) is 7.32. The number of nitrogens with one attached hydrogen (secondary N) is 2. The van der Waals surface area contributed by atoms with Crippen molar-refractivity contribution >= 4 is 23.2 Å². The van der Waals surface area contributed by atoms with E-state index in [2.05, 4.69) is 23.0 Å². The highest BCUT2D eigenvalue weighted by Gasteiger charge is 2.21. The topological polar surface area (TPSA) is 58.2 Å². The Morgan fingerprint density at radius 2 is 1.70 bits per heavy atom. The van der Waals surface area contributed by atoms with Crippen molar-refractivity contribution in [1.82, 2.24) is 10.9 Å². The Bertz CT molecular complexity index is 1010. The molecule has 0 bridgehead atoms. The minimum absolute atomic E-state index is 0.0644. The van der Waals surface area contributed by atoms with Crippen molar-refractivity contribution in [2.75, 3.05) is 0 Å². The van der Waals surface area contributed by atoms with Gasteiger partial charge in [-0.15, -0.1) is 11.3 Å². The Kier molecular flexibility index (Phi) is 4.73. The molecule has 6 heteroatoms. The van der Waals surface area contributed by atoms with Crippen molar-refractivity contribution in [3.63, 3.8) is 0 Å². The first-order valence-corrected chi connectivity index (χ1v) is 9.46. The maximum atomic E-state index is 12.9. The summed E-state index contributed by atoms with van der Waals surface area (Å²) in [7, 11) is 0. The second-order valence-electron chi connectivity index (χ2n) is 6.43. The fraction of sp³-hybridized carbons (Fsp3) is 0.143. The fourth-order valence-corrected chi connectivity index (χ4v) is 4.37. The van der Waals surface area contributed by atoms with Gasteiger partial charge in [-0.1, -0.05) is 36.4 Å². The molecule has 4 rings (SSSR count). The van der Waals surface area contributed by atoms with Crippen LogP contribution in [0.4, 0.5) is 4.39 Å². The maximum Gasteiger partial charge on any atom is 0.279 e. The first-order valence-electron chi connectivity index (χ1n) is 8.65. The zero-order chi connectivity index (χ0) is 18.8. The van der Waals surface area contributed by atoms with Gasteiger partial charge in [-0.3, -0.25) is 20.4 Å². The normalized spacial score (nSPS) is 12.0. The third kappa shape index (κ3) is 3.75. The Balaban J connectivity index is 1.40. The molecule has 0 radical (unpaired) electrons. The molecule has 0 saturated heterocycles. The molecule has 0 spiro atoms. The molecule has 0 atom stereocenters. The lowest BCUT2D eigenvalue weighted by atomic mass is 9.91. The molecule has 2 amide bonds. The number of amides is 2. The van der Waals surface area contributed by atoms with Crippen LogP contribution in [0, 0.1) is 5.82 Å².